The number of hydrogen-bond acceptors (Lipinski definition) is 5. The molecule has 0 atom stereocenters. The number of benzene rings is 1. The van der Waals surface area contributed by atoms with Gasteiger partial charge in [-0.05, 0) is 43.5 Å². The monoisotopic (exact) mass is 363 g/mol. The van der Waals surface area contributed by atoms with Crippen LogP contribution in [0.4, 0.5) is 0 Å². The summed E-state index contributed by atoms with van der Waals surface area (Å²) in [5, 5.41) is 5.89. The third-order valence-electron chi connectivity index (χ3n) is 4.32. The van der Waals surface area contributed by atoms with Crippen molar-refractivity contribution in [2.45, 2.75) is 32.2 Å². The summed E-state index contributed by atoms with van der Waals surface area (Å²) in [6, 6.07) is 7.26. The molecule has 7 heteroatoms. The predicted molar refractivity (Wildman–Crippen MR) is 99.4 cm³/mol. The smallest absolute Gasteiger partial charge is 0.258 e. The first-order valence-corrected chi connectivity index (χ1v) is 9.16. The number of piperidine rings is 1. The molecule has 0 saturated carbocycles. The molecular formula is C19H29N3O4. The Balaban J connectivity index is 1.63. The molecule has 0 aliphatic carbocycles. The second-order valence-electron chi connectivity index (χ2n) is 6.43. The van der Waals surface area contributed by atoms with Gasteiger partial charge in [-0.2, -0.15) is 0 Å². The fourth-order valence-corrected chi connectivity index (χ4v) is 2.85. The normalized spacial score (nSPS) is 15.3. The lowest BCUT2D eigenvalue weighted by molar-refractivity contribution is -0.125. The highest BCUT2D eigenvalue weighted by atomic mass is 16.5. The van der Waals surface area contributed by atoms with Crippen LogP contribution in [0.5, 0.6) is 11.5 Å². The van der Waals surface area contributed by atoms with Crippen LogP contribution in [0.1, 0.15) is 26.2 Å². The van der Waals surface area contributed by atoms with Crippen LogP contribution in [0.3, 0.4) is 0 Å². The first-order valence-electron chi connectivity index (χ1n) is 9.16. The van der Waals surface area contributed by atoms with Gasteiger partial charge < -0.3 is 20.1 Å². The van der Waals surface area contributed by atoms with Crippen molar-refractivity contribution in [3.05, 3.63) is 24.3 Å². The Morgan fingerprint density at radius 2 is 1.77 bits per heavy atom. The zero-order chi connectivity index (χ0) is 18.8. The fourth-order valence-electron chi connectivity index (χ4n) is 2.85. The minimum Gasteiger partial charge on any atom is -0.497 e. The lowest BCUT2D eigenvalue weighted by Crippen LogP contribution is -2.48. The first-order chi connectivity index (χ1) is 12.6. The Hall–Kier alpha value is -2.28. The second kappa shape index (κ2) is 10.7. The number of carbonyl (C=O) groups excluding carboxylic acids is 2. The van der Waals surface area contributed by atoms with E-state index in [1.807, 2.05) is 6.92 Å². The summed E-state index contributed by atoms with van der Waals surface area (Å²) in [5.41, 5.74) is 0. The van der Waals surface area contributed by atoms with E-state index in [4.69, 9.17) is 9.47 Å². The summed E-state index contributed by atoms with van der Waals surface area (Å²) in [5.74, 6) is 1.33. The zero-order valence-corrected chi connectivity index (χ0v) is 15.6. The number of nitrogens with one attached hydrogen (secondary N) is 2. The van der Waals surface area contributed by atoms with E-state index in [1.165, 1.54) is 0 Å². The lowest BCUT2D eigenvalue weighted by Gasteiger charge is -2.31. The van der Waals surface area contributed by atoms with Crippen molar-refractivity contribution in [1.82, 2.24) is 15.5 Å². The molecule has 2 N–H and O–H groups in total. The average molecular weight is 363 g/mol. The molecule has 0 aromatic heterocycles. The number of nitrogens with zero attached hydrogens (tertiary/aromatic N) is 1. The van der Waals surface area contributed by atoms with Gasteiger partial charge in [-0.1, -0.05) is 6.92 Å². The minimum atomic E-state index is -0.125. The van der Waals surface area contributed by atoms with Crippen LogP contribution < -0.4 is 20.1 Å². The fraction of sp³-hybridized carbons (Fsp3) is 0.579. The molecule has 1 aromatic carbocycles. The van der Waals surface area contributed by atoms with Crippen molar-refractivity contribution in [3.63, 3.8) is 0 Å². The van der Waals surface area contributed by atoms with Crippen LogP contribution in [0.15, 0.2) is 24.3 Å². The van der Waals surface area contributed by atoms with Gasteiger partial charge in [0.15, 0.2) is 6.61 Å². The summed E-state index contributed by atoms with van der Waals surface area (Å²) >= 11 is 0. The third-order valence-corrected chi connectivity index (χ3v) is 4.32. The highest BCUT2D eigenvalue weighted by molar-refractivity contribution is 5.78. The maximum atomic E-state index is 12.0. The van der Waals surface area contributed by atoms with Gasteiger partial charge in [0.05, 0.1) is 13.7 Å². The topological polar surface area (TPSA) is 79.9 Å². The Kier molecular flexibility index (Phi) is 8.21. The molecule has 7 nitrogen and oxygen atoms in total. The molecule has 2 amide bonds. The number of methoxy groups -OCH3 is 1. The van der Waals surface area contributed by atoms with E-state index in [2.05, 4.69) is 15.5 Å². The van der Waals surface area contributed by atoms with E-state index in [0.717, 1.165) is 44.6 Å². The highest BCUT2D eigenvalue weighted by Crippen LogP contribution is 2.17. The number of likely N-dealkylation sites (tertiary alicyclic amines) is 1. The molecule has 26 heavy (non-hydrogen) atoms. The molecule has 1 aromatic rings. The molecule has 0 spiro atoms. The summed E-state index contributed by atoms with van der Waals surface area (Å²) in [6.45, 7) is 4.80. The lowest BCUT2D eigenvalue weighted by atomic mass is 10.1. The minimum absolute atomic E-state index is 0.00797. The molecule has 2 rings (SSSR count). The van der Waals surface area contributed by atoms with Gasteiger partial charge >= 0.3 is 0 Å². The van der Waals surface area contributed by atoms with Crippen LogP contribution in [-0.2, 0) is 9.59 Å². The quantitative estimate of drug-likeness (QED) is 0.689. The van der Waals surface area contributed by atoms with Gasteiger partial charge in [0, 0.05) is 25.7 Å². The van der Waals surface area contributed by atoms with E-state index < -0.39 is 0 Å². The first kappa shape index (κ1) is 20.0. The SMILES string of the molecule is CCCNC(=O)CN1CCC(NC(=O)COc2ccc(OC)cc2)CC1. The molecule has 1 fully saturated rings. The largest absolute Gasteiger partial charge is 0.497 e. The van der Waals surface area contributed by atoms with Crippen LogP contribution in [-0.4, -0.2) is 62.7 Å². The Labute approximate surface area is 155 Å². The van der Waals surface area contributed by atoms with Gasteiger partial charge in [0.1, 0.15) is 11.5 Å². The average Bonchev–Trinajstić information content (AvgIpc) is 2.66. The van der Waals surface area contributed by atoms with Crippen LogP contribution in [0, 0.1) is 0 Å². The molecule has 1 saturated heterocycles. The summed E-state index contributed by atoms with van der Waals surface area (Å²) in [4.78, 5) is 25.9. The Morgan fingerprint density at radius 3 is 2.38 bits per heavy atom. The molecule has 1 aliphatic rings. The highest BCUT2D eigenvalue weighted by Gasteiger charge is 2.22. The van der Waals surface area contributed by atoms with Gasteiger partial charge in [-0.3, -0.25) is 14.5 Å². The molecule has 144 valence electrons. The van der Waals surface area contributed by atoms with Crippen molar-refractivity contribution < 1.29 is 19.1 Å². The van der Waals surface area contributed by atoms with E-state index in [9.17, 15) is 9.59 Å². The summed E-state index contributed by atoms with van der Waals surface area (Å²) in [6.07, 6.45) is 2.63. The van der Waals surface area contributed by atoms with Crippen molar-refractivity contribution in [1.29, 1.82) is 0 Å². The van der Waals surface area contributed by atoms with E-state index in [0.29, 0.717) is 12.3 Å². The molecule has 0 unspecified atom stereocenters. The van der Waals surface area contributed by atoms with Crippen LogP contribution >= 0.6 is 0 Å². The van der Waals surface area contributed by atoms with Crippen LogP contribution in [0.2, 0.25) is 0 Å². The zero-order valence-electron chi connectivity index (χ0n) is 15.6. The van der Waals surface area contributed by atoms with Crippen molar-refractivity contribution in [2.75, 3.05) is 39.9 Å². The molecule has 0 radical (unpaired) electrons. The number of rotatable bonds is 9. The third kappa shape index (κ3) is 6.92. The summed E-state index contributed by atoms with van der Waals surface area (Å²) < 4.78 is 10.6. The molecule has 0 bridgehead atoms. The maximum absolute atomic E-state index is 12.0. The molecular weight excluding hydrogens is 334 g/mol. The van der Waals surface area contributed by atoms with Gasteiger partial charge in [0.2, 0.25) is 5.91 Å². The standard InChI is InChI=1S/C19H29N3O4/c1-3-10-20-18(23)13-22-11-8-15(9-12-22)21-19(24)14-26-17-6-4-16(25-2)5-7-17/h4-7,15H,3,8-14H2,1-2H3,(H,20,23)(H,21,24). The number of carbonyl (C=O) groups is 2. The van der Waals surface area contributed by atoms with Gasteiger partial charge in [-0.15, -0.1) is 0 Å². The van der Waals surface area contributed by atoms with Crippen molar-refractivity contribution in [3.8, 4) is 11.5 Å². The predicted octanol–water partition coefficient (Wildman–Crippen LogP) is 1.18. The van der Waals surface area contributed by atoms with Crippen molar-refractivity contribution >= 4 is 11.8 Å². The number of ether oxygens (including phenoxy) is 2. The van der Waals surface area contributed by atoms with Crippen molar-refractivity contribution in [2.24, 2.45) is 0 Å². The van der Waals surface area contributed by atoms with E-state index in [-0.39, 0.29) is 24.5 Å². The van der Waals surface area contributed by atoms with Crippen LogP contribution in [0.25, 0.3) is 0 Å². The Bertz CT molecular complexity index is 569. The maximum Gasteiger partial charge on any atom is 0.258 e. The van der Waals surface area contributed by atoms with E-state index in [1.54, 1.807) is 31.4 Å². The summed E-state index contributed by atoms with van der Waals surface area (Å²) in [7, 11) is 1.60. The second-order valence-corrected chi connectivity index (χ2v) is 6.43. The van der Waals surface area contributed by atoms with E-state index >= 15 is 0 Å². The van der Waals surface area contributed by atoms with Gasteiger partial charge in [0.25, 0.3) is 5.91 Å². The molecule has 1 aliphatic heterocycles. The van der Waals surface area contributed by atoms with Gasteiger partial charge in [-0.25, -0.2) is 0 Å². The number of amides is 2. The Morgan fingerprint density at radius 1 is 1.12 bits per heavy atom. The number of hydrogen-bond donors (Lipinski definition) is 2. The molecule has 1 heterocycles.